The number of aryl methyl sites for hydroxylation is 1. The summed E-state index contributed by atoms with van der Waals surface area (Å²) < 4.78 is 133. The molecule has 21 heteroatoms. The molecule has 0 spiro atoms. The lowest BCUT2D eigenvalue weighted by atomic mass is 9.86. The number of benzodiazepines with no additional fused rings is 1. The van der Waals surface area contributed by atoms with Gasteiger partial charge in [-0.25, -0.2) is 13.9 Å². The normalized spacial score (nSPS) is 16.1. The van der Waals surface area contributed by atoms with Gasteiger partial charge in [0.2, 0.25) is 18.0 Å². The number of nitrogens with zero attached hydrogens (tertiary/aromatic N) is 2. The van der Waals surface area contributed by atoms with Crippen LogP contribution in [0.25, 0.3) is 0 Å². The fourth-order valence-electron chi connectivity index (χ4n) is 6.28. The predicted octanol–water partition coefficient (Wildman–Crippen LogP) is 8.24. The Labute approximate surface area is 352 Å². The van der Waals surface area contributed by atoms with Gasteiger partial charge in [0.1, 0.15) is 17.5 Å². The number of anilines is 1. The fraction of sp³-hybridized carbons (Fsp3) is 0.439. The number of aliphatic imine (C=N–C) groups is 1. The Morgan fingerprint density at radius 1 is 0.903 bits per heavy atom. The van der Waals surface area contributed by atoms with Crippen molar-refractivity contribution in [1.82, 2.24) is 5.32 Å². The molecule has 0 fully saturated rings. The molecule has 338 valence electrons. The van der Waals surface area contributed by atoms with Crippen molar-refractivity contribution in [1.29, 1.82) is 0 Å². The minimum absolute atomic E-state index is 0.0142. The quantitative estimate of drug-likeness (QED) is 0.0865. The SMILES string of the molecule is Cc1cccc2c1N(COC(=O)Cc1ccc(OP(=O)(OC(C)(C)C)OC(C)(C)C)cc1)C(=O)C(NC(=O)C(CCC(F)(F)F)C(C(N)=O)C(F)(F)F)N=C2c1cccc(F)c1. The first-order chi connectivity index (χ1) is 28.4. The summed E-state index contributed by atoms with van der Waals surface area (Å²) in [5, 5.41) is 1.95. The molecule has 0 bridgehead atoms. The van der Waals surface area contributed by atoms with Crippen molar-refractivity contribution >= 4 is 42.9 Å². The second-order valence-corrected chi connectivity index (χ2v) is 17.7. The van der Waals surface area contributed by atoms with E-state index >= 15 is 0 Å². The number of para-hydroxylation sites is 1. The first kappa shape index (κ1) is 49.3. The van der Waals surface area contributed by atoms with E-state index in [9.17, 15) is 54.5 Å². The molecule has 0 aromatic heterocycles. The van der Waals surface area contributed by atoms with Crippen LogP contribution in [0, 0.1) is 24.6 Å². The number of hydrogen-bond donors (Lipinski definition) is 2. The first-order valence-corrected chi connectivity index (χ1v) is 20.4. The number of ether oxygens (including phenoxy) is 1. The maximum Gasteiger partial charge on any atom is 0.531 e. The molecule has 0 saturated carbocycles. The van der Waals surface area contributed by atoms with Gasteiger partial charge in [0, 0.05) is 17.5 Å². The van der Waals surface area contributed by atoms with Crippen molar-refractivity contribution < 1.29 is 72.8 Å². The van der Waals surface area contributed by atoms with E-state index in [1.807, 2.05) is 5.32 Å². The van der Waals surface area contributed by atoms with Crippen molar-refractivity contribution in [2.75, 3.05) is 11.6 Å². The number of nitrogens with one attached hydrogen (secondary N) is 1. The summed E-state index contributed by atoms with van der Waals surface area (Å²) in [4.78, 5) is 58.4. The van der Waals surface area contributed by atoms with Crippen LogP contribution >= 0.6 is 7.82 Å². The van der Waals surface area contributed by atoms with Gasteiger partial charge >= 0.3 is 26.1 Å². The molecule has 0 radical (unpaired) electrons. The third-order valence-electron chi connectivity index (χ3n) is 8.65. The number of phosphoric ester groups is 1. The standard InChI is InChI=1S/C41H46F7N4O9P/c1-23-10-8-13-29-32(25-11-9-12-26(42)21-25)50-35(51-36(55)28(18-19-40(43,44)45)31(34(49)54)41(46,47)48)37(56)52(33(23)29)22-58-30(53)20-24-14-16-27(17-15-24)59-62(57,60-38(2,3)4)61-39(5,6)7/h8-17,21,28,31,35H,18-20,22H2,1-7H3,(H2,49,54)(H,51,55). The number of rotatable bonds is 15. The van der Waals surface area contributed by atoms with Gasteiger partial charge in [0.05, 0.1) is 34.9 Å². The van der Waals surface area contributed by atoms with Crippen LogP contribution in [-0.4, -0.2) is 65.9 Å². The van der Waals surface area contributed by atoms with Crippen molar-refractivity contribution in [2.45, 2.75) is 97.4 Å². The van der Waals surface area contributed by atoms with Crippen LogP contribution < -0.4 is 20.5 Å². The molecule has 13 nitrogen and oxygen atoms in total. The highest BCUT2D eigenvalue weighted by Gasteiger charge is 2.52. The van der Waals surface area contributed by atoms with Gasteiger partial charge in [-0.15, -0.1) is 0 Å². The minimum Gasteiger partial charge on any atom is -0.444 e. The Morgan fingerprint density at radius 2 is 1.50 bits per heavy atom. The van der Waals surface area contributed by atoms with Gasteiger partial charge in [-0.05, 0) is 90.3 Å². The lowest BCUT2D eigenvalue weighted by Gasteiger charge is -2.30. The highest BCUT2D eigenvalue weighted by atomic mass is 31.2. The predicted molar refractivity (Wildman–Crippen MR) is 211 cm³/mol. The topological polar surface area (TPSA) is 176 Å². The van der Waals surface area contributed by atoms with Gasteiger partial charge in [-0.1, -0.05) is 42.5 Å². The molecule has 3 N–H and O–H groups in total. The second kappa shape index (κ2) is 19.0. The molecule has 3 aromatic carbocycles. The average Bonchev–Trinajstić information content (AvgIpc) is 3.21. The molecule has 1 heterocycles. The molecule has 0 saturated heterocycles. The number of halogens is 7. The van der Waals surface area contributed by atoms with Gasteiger partial charge in [0.25, 0.3) is 5.91 Å². The maximum absolute atomic E-state index is 14.6. The summed E-state index contributed by atoms with van der Waals surface area (Å²) in [6.07, 6.45) is -16.7. The highest BCUT2D eigenvalue weighted by molar-refractivity contribution is 7.49. The number of alkyl halides is 6. The number of primary amides is 1. The molecule has 1 aliphatic heterocycles. The van der Waals surface area contributed by atoms with E-state index in [2.05, 4.69) is 4.99 Å². The molecule has 4 rings (SSSR count). The zero-order valence-corrected chi connectivity index (χ0v) is 35.5. The van der Waals surface area contributed by atoms with Gasteiger partial charge in [-0.2, -0.15) is 26.3 Å². The molecule has 0 aliphatic carbocycles. The lowest BCUT2D eigenvalue weighted by Crippen LogP contribution is -2.53. The monoisotopic (exact) mass is 902 g/mol. The smallest absolute Gasteiger partial charge is 0.444 e. The number of carbonyl (C=O) groups is 4. The van der Waals surface area contributed by atoms with E-state index in [4.69, 9.17) is 24.0 Å². The van der Waals surface area contributed by atoms with E-state index in [-0.39, 0.29) is 28.3 Å². The van der Waals surface area contributed by atoms with Crippen LogP contribution in [0.2, 0.25) is 0 Å². The average molecular weight is 903 g/mol. The zero-order chi connectivity index (χ0) is 46.6. The Kier molecular flexibility index (Phi) is 15.1. The van der Waals surface area contributed by atoms with Crippen LogP contribution in [0.4, 0.5) is 36.4 Å². The lowest BCUT2D eigenvalue weighted by molar-refractivity contribution is -0.198. The van der Waals surface area contributed by atoms with Gasteiger partial charge in [0.15, 0.2) is 6.73 Å². The van der Waals surface area contributed by atoms with E-state index in [0.717, 1.165) is 17.0 Å². The Balaban J connectivity index is 1.67. The zero-order valence-electron chi connectivity index (χ0n) is 34.7. The summed E-state index contributed by atoms with van der Waals surface area (Å²) >= 11 is 0. The molecule has 1 aliphatic rings. The van der Waals surface area contributed by atoms with Crippen LogP contribution in [0.15, 0.2) is 71.7 Å². The van der Waals surface area contributed by atoms with Crippen molar-refractivity contribution in [3.8, 4) is 5.75 Å². The Morgan fingerprint density at radius 3 is 2.03 bits per heavy atom. The van der Waals surface area contributed by atoms with Crippen molar-refractivity contribution in [3.05, 3.63) is 94.8 Å². The second-order valence-electron chi connectivity index (χ2n) is 16.2. The van der Waals surface area contributed by atoms with E-state index in [1.54, 1.807) is 54.5 Å². The van der Waals surface area contributed by atoms with Crippen LogP contribution in [0.1, 0.15) is 76.6 Å². The van der Waals surface area contributed by atoms with Crippen molar-refractivity contribution in [3.63, 3.8) is 0 Å². The number of fused-ring (bicyclic) bond motifs is 1. The molecular weight excluding hydrogens is 856 g/mol. The summed E-state index contributed by atoms with van der Waals surface area (Å²) in [5.74, 6) is -13.0. The fourth-order valence-corrected chi connectivity index (χ4v) is 8.12. The van der Waals surface area contributed by atoms with E-state index in [0.29, 0.717) is 11.1 Å². The molecule has 3 unspecified atom stereocenters. The van der Waals surface area contributed by atoms with Crippen LogP contribution in [0.5, 0.6) is 5.75 Å². The Bertz CT molecular complexity index is 2200. The summed E-state index contributed by atoms with van der Waals surface area (Å²) in [6, 6.07) is 15.0. The summed E-state index contributed by atoms with van der Waals surface area (Å²) in [5.41, 5.74) is 3.77. The van der Waals surface area contributed by atoms with Crippen molar-refractivity contribution in [2.24, 2.45) is 22.6 Å². The minimum atomic E-state index is -5.58. The van der Waals surface area contributed by atoms with Crippen LogP contribution in [0.3, 0.4) is 0 Å². The molecule has 62 heavy (non-hydrogen) atoms. The molecule has 3 amide bonds. The summed E-state index contributed by atoms with van der Waals surface area (Å²) in [6.45, 7) is 10.6. The third kappa shape index (κ3) is 13.8. The number of amides is 3. The molecular formula is C41H46F7N4O9P. The van der Waals surface area contributed by atoms with Gasteiger partial charge in [-0.3, -0.25) is 33.1 Å². The number of esters is 1. The first-order valence-electron chi connectivity index (χ1n) is 18.9. The molecule has 3 aromatic rings. The maximum atomic E-state index is 14.6. The number of benzene rings is 3. The molecule has 3 atom stereocenters. The van der Waals surface area contributed by atoms with Crippen LogP contribution in [-0.2, 0) is 43.9 Å². The number of nitrogens with two attached hydrogens (primary N) is 1. The number of carbonyl (C=O) groups excluding carboxylic acids is 4. The van der Waals surface area contributed by atoms with E-state index in [1.165, 1.54) is 48.5 Å². The largest absolute Gasteiger partial charge is 0.531 e. The Hall–Kier alpha value is -5.33. The number of phosphoric acid groups is 1. The highest BCUT2D eigenvalue weighted by Crippen LogP contribution is 2.55. The van der Waals surface area contributed by atoms with Gasteiger partial charge < -0.3 is 20.3 Å². The summed E-state index contributed by atoms with van der Waals surface area (Å²) in [7, 11) is -4.17. The van der Waals surface area contributed by atoms with E-state index < -0.39 is 105 Å². The number of hydrogen-bond acceptors (Lipinski definition) is 10. The third-order valence-corrected chi connectivity index (χ3v) is 10.6.